The van der Waals surface area contributed by atoms with Crippen LogP contribution in [-0.4, -0.2) is 29.6 Å². The lowest BCUT2D eigenvalue weighted by atomic mass is 9.90. The van der Waals surface area contributed by atoms with E-state index >= 15 is 0 Å². The molecular formula is C21H22ClNO2. The number of halogens is 1. The smallest absolute Gasteiger partial charge is 0.167 e. The molecule has 130 valence electrons. The molecule has 1 atom stereocenters. The lowest BCUT2D eigenvalue weighted by Gasteiger charge is -2.32. The van der Waals surface area contributed by atoms with Crippen LogP contribution in [0.5, 0.6) is 0 Å². The van der Waals surface area contributed by atoms with E-state index in [0.717, 1.165) is 43.6 Å². The molecule has 3 nitrogen and oxygen atoms in total. The first-order valence-corrected chi connectivity index (χ1v) is 9.03. The maximum atomic E-state index is 12.8. The molecular weight excluding hydrogens is 334 g/mol. The molecule has 1 heterocycles. The monoisotopic (exact) mass is 355 g/mol. The quantitative estimate of drug-likeness (QED) is 0.733. The summed E-state index contributed by atoms with van der Waals surface area (Å²) >= 11 is 6.01. The van der Waals surface area contributed by atoms with Crippen LogP contribution < -0.4 is 0 Å². The second kappa shape index (κ2) is 7.94. The Labute approximate surface area is 153 Å². The van der Waals surface area contributed by atoms with E-state index in [0.29, 0.717) is 10.6 Å². The highest BCUT2D eigenvalue weighted by molar-refractivity contribution is 6.31. The topological polar surface area (TPSA) is 37.4 Å². The Morgan fingerprint density at radius 1 is 1.12 bits per heavy atom. The third-order valence-electron chi connectivity index (χ3n) is 4.73. The van der Waals surface area contributed by atoms with E-state index in [-0.39, 0.29) is 17.5 Å². The van der Waals surface area contributed by atoms with Crippen LogP contribution in [0.25, 0.3) is 0 Å². The predicted molar refractivity (Wildman–Crippen MR) is 100 cm³/mol. The zero-order valence-corrected chi connectivity index (χ0v) is 15.1. The molecule has 1 aliphatic heterocycles. The number of benzene rings is 2. The molecule has 0 aliphatic carbocycles. The number of ketones is 2. The van der Waals surface area contributed by atoms with Gasteiger partial charge in [0.1, 0.15) is 0 Å². The minimum absolute atomic E-state index is 0.00297. The van der Waals surface area contributed by atoms with Gasteiger partial charge in [0, 0.05) is 35.2 Å². The molecule has 0 aromatic heterocycles. The van der Waals surface area contributed by atoms with Gasteiger partial charge in [-0.1, -0.05) is 41.9 Å². The highest BCUT2D eigenvalue weighted by Gasteiger charge is 2.26. The van der Waals surface area contributed by atoms with Crippen molar-refractivity contribution in [2.75, 3.05) is 13.1 Å². The van der Waals surface area contributed by atoms with Gasteiger partial charge in [-0.05, 0) is 50.1 Å². The van der Waals surface area contributed by atoms with Crippen molar-refractivity contribution >= 4 is 23.2 Å². The van der Waals surface area contributed by atoms with Crippen molar-refractivity contribution in [3.8, 4) is 0 Å². The molecule has 1 fully saturated rings. The molecule has 1 saturated heterocycles. The number of Topliss-reactive ketones (excluding diaryl/α,β-unsaturated/α-hetero) is 2. The van der Waals surface area contributed by atoms with Crippen molar-refractivity contribution in [3.05, 3.63) is 70.2 Å². The van der Waals surface area contributed by atoms with E-state index < -0.39 is 0 Å². The Morgan fingerprint density at radius 3 is 2.64 bits per heavy atom. The fourth-order valence-electron chi connectivity index (χ4n) is 3.44. The third kappa shape index (κ3) is 4.56. The zero-order valence-electron chi connectivity index (χ0n) is 14.4. The molecule has 0 spiro atoms. The molecule has 0 unspecified atom stereocenters. The highest BCUT2D eigenvalue weighted by Crippen LogP contribution is 2.24. The minimum atomic E-state index is 0.00297. The van der Waals surface area contributed by atoms with Gasteiger partial charge in [-0.25, -0.2) is 0 Å². The van der Waals surface area contributed by atoms with Crippen molar-refractivity contribution in [1.82, 2.24) is 4.90 Å². The molecule has 0 saturated carbocycles. The summed E-state index contributed by atoms with van der Waals surface area (Å²) < 4.78 is 0. The van der Waals surface area contributed by atoms with Gasteiger partial charge in [-0.2, -0.15) is 0 Å². The van der Waals surface area contributed by atoms with E-state index in [4.69, 9.17) is 11.6 Å². The Balaban J connectivity index is 1.68. The van der Waals surface area contributed by atoms with Crippen molar-refractivity contribution in [2.45, 2.75) is 26.3 Å². The zero-order chi connectivity index (χ0) is 17.8. The highest BCUT2D eigenvalue weighted by atomic mass is 35.5. The number of carbonyl (C=O) groups is 2. The molecule has 2 aromatic carbocycles. The van der Waals surface area contributed by atoms with Crippen LogP contribution in [0.2, 0.25) is 5.02 Å². The van der Waals surface area contributed by atoms with Crippen molar-refractivity contribution in [1.29, 1.82) is 0 Å². The number of piperidine rings is 1. The summed E-state index contributed by atoms with van der Waals surface area (Å²) in [5, 5.41) is 0.597. The van der Waals surface area contributed by atoms with Crippen LogP contribution >= 0.6 is 11.6 Å². The van der Waals surface area contributed by atoms with Crippen LogP contribution in [0.4, 0.5) is 0 Å². The standard InChI is InChI=1S/C21H22ClNO2/c1-15(24)17-6-2-5-16(11-17)13-23-10-4-8-19(14-23)21(25)18-7-3-9-20(22)12-18/h2-3,5-7,9,11-12,19H,4,8,10,13-14H2,1H3/t19-/m1/s1. The van der Waals surface area contributed by atoms with Crippen LogP contribution in [0.1, 0.15) is 46.0 Å². The summed E-state index contributed by atoms with van der Waals surface area (Å²) in [5.74, 6) is 0.252. The Bertz CT molecular complexity index is 787. The Morgan fingerprint density at radius 2 is 1.88 bits per heavy atom. The van der Waals surface area contributed by atoms with E-state index in [9.17, 15) is 9.59 Å². The number of carbonyl (C=O) groups excluding carboxylic acids is 2. The van der Waals surface area contributed by atoms with Crippen LogP contribution in [0.3, 0.4) is 0 Å². The van der Waals surface area contributed by atoms with E-state index in [1.54, 1.807) is 19.1 Å². The number of likely N-dealkylation sites (tertiary alicyclic amines) is 1. The fraction of sp³-hybridized carbons (Fsp3) is 0.333. The van der Waals surface area contributed by atoms with Crippen LogP contribution in [-0.2, 0) is 6.54 Å². The first-order valence-electron chi connectivity index (χ1n) is 8.65. The van der Waals surface area contributed by atoms with Gasteiger partial charge in [-0.3, -0.25) is 14.5 Å². The molecule has 0 radical (unpaired) electrons. The lowest BCUT2D eigenvalue weighted by Crippen LogP contribution is -2.38. The number of hydrogen-bond donors (Lipinski definition) is 0. The van der Waals surface area contributed by atoms with Crippen molar-refractivity contribution < 1.29 is 9.59 Å². The Hall–Kier alpha value is -1.97. The summed E-state index contributed by atoms with van der Waals surface area (Å²) in [4.78, 5) is 26.6. The Kier molecular flexibility index (Phi) is 5.67. The van der Waals surface area contributed by atoms with E-state index in [1.807, 2.05) is 36.4 Å². The van der Waals surface area contributed by atoms with E-state index in [2.05, 4.69) is 4.90 Å². The van der Waals surface area contributed by atoms with Crippen molar-refractivity contribution in [3.63, 3.8) is 0 Å². The molecule has 3 rings (SSSR count). The maximum Gasteiger partial charge on any atom is 0.167 e. The van der Waals surface area contributed by atoms with Crippen LogP contribution in [0, 0.1) is 5.92 Å². The van der Waals surface area contributed by atoms with Gasteiger partial charge in [0.25, 0.3) is 0 Å². The van der Waals surface area contributed by atoms with E-state index in [1.165, 1.54) is 0 Å². The minimum Gasteiger partial charge on any atom is -0.298 e. The van der Waals surface area contributed by atoms with Gasteiger partial charge in [0.15, 0.2) is 11.6 Å². The molecule has 25 heavy (non-hydrogen) atoms. The molecule has 1 aliphatic rings. The molecule has 0 bridgehead atoms. The summed E-state index contributed by atoms with van der Waals surface area (Å²) in [6.07, 6.45) is 1.92. The molecule has 2 aromatic rings. The second-order valence-electron chi connectivity index (χ2n) is 6.71. The molecule has 4 heteroatoms. The molecule has 0 N–H and O–H groups in total. The fourth-order valence-corrected chi connectivity index (χ4v) is 3.63. The largest absolute Gasteiger partial charge is 0.298 e. The lowest BCUT2D eigenvalue weighted by molar-refractivity contribution is 0.0811. The average Bonchev–Trinajstić information content (AvgIpc) is 2.61. The first-order chi connectivity index (χ1) is 12.0. The van der Waals surface area contributed by atoms with Crippen molar-refractivity contribution in [2.24, 2.45) is 5.92 Å². The summed E-state index contributed by atoms with van der Waals surface area (Å²) in [6.45, 7) is 4.07. The van der Waals surface area contributed by atoms with Crippen LogP contribution in [0.15, 0.2) is 48.5 Å². The number of nitrogens with zero attached hydrogens (tertiary/aromatic N) is 1. The third-order valence-corrected chi connectivity index (χ3v) is 4.96. The van der Waals surface area contributed by atoms with Gasteiger partial charge in [0.05, 0.1) is 0 Å². The molecule has 0 amide bonds. The summed E-state index contributed by atoms with van der Waals surface area (Å²) in [6, 6.07) is 14.9. The second-order valence-corrected chi connectivity index (χ2v) is 7.14. The summed E-state index contributed by atoms with van der Waals surface area (Å²) in [7, 11) is 0. The normalized spacial score (nSPS) is 18.1. The number of rotatable bonds is 5. The summed E-state index contributed by atoms with van der Waals surface area (Å²) in [5.41, 5.74) is 2.54. The van der Waals surface area contributed by atoms with Gasteiger partial charge >= 0.3 is 0 Å². The SMILES string of the molecule is CC(=O)c1cccc(CN2CCC[C@@H](C(=O)c3cccc(Cl)c3)C2)c1. The first kappa shape index (κ1) is 17.8. The predicted octanol–water partition coefficient (Wildman–Crippen LogP) is 4.64. The average molecular weight is 356 g/mol. The van der Waals surface area contributed by atoms with Gasteiger partial charge in [-0.15, -0.1) is 0 Å². The number of hydrogen-bond acceptors (Lipinski definition) is 3. The van der Waals surface area contributed by atoms with Gasteiger partial charge < -0.3 is 0 Å². The van der Waals surface area contributed by atoms with Gasteiger partial charge in [0.2, 0.25) is 0 Å². The maximum absolute atomic E-state index is 12.8.